The lowest BCUT2D eigenvalue weighted by Gasteiger charge is -2.29. The highest BCUT2D eigenvalue weighted by Crippen LogP contribution is 2.33. The third-order valence-electron chi connectivity index (χ3n) is 3.74. The average molecular weight is 287 g/mol. The molecule has 3 rings (SSSR count). The van der Waals surface area contributed by atoms with E-state index in [4.69, 9.17) is 0 Å². The largest absolute Gasteiger partial charge is 0.330 e. The highest BCUT2D eigenvalue weighted by Gasteiger charge is 2.31. The summed E-state index contributed by atoms with van der Waals surface area (Å²) < 4.78 is 3.80. The van der Waals surface area contributed by atoms with Crippen LogP contribution in [-0.4, -0.2) is 26.9 Å². The van der Waals surface area contributed by atoms with E-state index in [9.17, 15) is 4.79 Å². The molecule has 1 saturated carbocycles. The highest BCUT2D eigenvalue weighted by atomic mass is 32.1. The second-order valence-electron chi connectivity index (χ2n) is 5.28. The Balaban J connectivity index is 1.83. The van der Waals surface area contributed by atoms with Gasteiger partial charge in [0, 0.05) is 11.9 Å². The molecule has 5 heteroatoms. The Bertz CT molecular complexity index is 566. The zero-order valence-corrected chi connectivity index (χ0v) is 12.2. The summed E-state index contributed by atoms with van der Waals surface area (Å²) in [4.78, 5) is 14.5. The van der Waals surface area contributed by atoms with Gasteiger partial charge in [-0.05, 0) is 42.8 Å². The molecule has 2 aromatic rings. The first kappa shape index (κ1) is 13.2. The summed E-state index contributed by atoms with van der Waals surface area (Å²) in [5.41, 5.74) is 1.61. The molecule has 0 saturated heterocycles. The summed E-state index contributed by atoms with van der Waals surface area (Å²) in [5, 5.41) is 5.64. The van der Waals surface area contributed by atoms with Gasteiger partial charge in [-0.2, -0.15) is 0 Å². The Labute approximate surface area is 122 Å². The molecule has 1 atom stereocenters. The maximum Gasteiger partial charge on any atom is 0.275 e. The van der Waals surface area contributed by atoms with E-state index in [0.717, 1.165) is 12.1 Å². The van der Waals surface area contributed by atoms with Gasteiger partial charge in [-0.25, -0.2) is 0 Å². The third-order valence-corrected chi connectivity index (χ3v) is 4.25. The molecule has 1 aliphatic rings. The molecule has 1 amide bonds. The SMILES string of the molecule is C[C@H](c1ccccc1)N(CC1CC1)C(=O)c1csnn1. The summed E-state index contributed by atoms with van der Waals surface area (Å²) in [5.74, 6) is 0.638. The van der Waals surface area contributed by atoms with Gasteiger partial charge in [0.15, 0.2) is 5.69 Å². The summed E-state index contributed by atoms with van der Waals surface area (Å²) in [6.07, 6.45) is 2.45. The molecule has 1 heterocycles. The Morgan fingerprint density at radius 2 is 2.15 bits per heavy atom. The minimum atomic E-state index is -0.0120. The van der Waals surface area contributed by atoms with Crippen molar-refractivity contribution in [2.45, 2.75) is 25.8 Å². The Kier molecular flexibility index (Phi) is 3.78. The first-order valence-electron chi connectivity index (χ1n) is 6.88. The second kappa shape index (κ2) is 5.71. The van der Waals surface area contributed by atoms with Gasteiger partial charge in [-0.15, -0.1) is 5.10 Å². The maximum absolute atomic E-state index is 12.6. The minimum Gasteiger partial charge on any atom is -0.330 e. The van der Waals surface area contributed by atoms with Crippen molar-refractivity contribution in [2.75, 3.05) is 6.54 Å². The fraction of sp³-hybridized carbons (Fsp3) is 0.400. The number of rotatable bonds is 5. The summed E-state index contributed by atoms with van der Waals surface area (Å²) in [6.45, 7) is 2.89. The van der Waals surface area contributed by atoms with Gasteiger partial charge in [0.25, 0.3) is 5.91 Å². The number of benzene rings is 1. The quantitative estimate of drug-likeness (QED) is 0.848. The van der Waals surface area contributed by atoms with Gasteiger partial charge in [-0.3, -0.25) is 4.79 Å². The monoisotopic (exact) mass is 287 g/mol. The summed E-state index contributed by atoms with van der Waals surface area (Å²) in [6, 6.07) is 10.2. The minimum absolute atomic E-state index is 0.0120. The molecule has 0 spiro atoms. The highest BCUT2D eigenvalue weighted by molar-refractivity contribution is 7.03. The summed E-state index contributed by atoms with van der Waals surface area (Å²) in [7, 11) is 0. The molecule has 0 aliphatic heterocycles. The van der Waals surface area contributed by atoms with E-state index in [1.165, 1.54) is 24.4 Å². The van der Waals surface area contributed by atoms with Crippen molar-refractivity contribution in [1.82, 2.24) is 14.5 Å². The number of carbonyl (C=O) groups is 1. The van der Waals surface area contributed by atoms with Crippen LogP contribution < -0.4 is 0 Å². The molecule has 4 nitrogen and oxygen atoms in total. The molecule has 0 unspecified atom stereocenters. The summed E-state index contributed by atoms with van der Waals surface area (Å²) >= 11 is 1.22. The van der Waals surface area contributed by atoms with Crippen LogP contribution >= 0.6 is 11.5 Å². The van der Waals surface area contributed by atoms with Crippen LogP contribution in [0.1, 0.15) is 41.9 Å². The van der Waals surface area contributed by atoms with Crippen LogP contribution in [0.4, 0.5) is 0 Å². The van der Waals surface area contributed by atoms with Crippen LogP contribution in [0.2, 0.25) is 0 Å². The molecule has 0 radical (unpaired) electrons. The third kappa shape index (κ3) is 2.88. The van der Waals surface area contributed by atoms with Crippen molar-refractivity contribution < 1.29 is 4.79 Å². The van der Waals surface area contributed by atoms with Crippen LogP contribution in [0.15, 0.2) is 35.7 Å². The number of hydrogen-bond donors (Lipinski definition) is 0. The molecule has 1 aliphatic carbocycles. The van der Waals surface area contributed by atoms with E-state index in [2.05, 4.69) is 28.6 Å². The second-order valence-corrected chi connectivity index (χ2v) is 5.89. The van der Waals surface area contributed by atoms with Gasteiger partial charge >= 0.3 is 0 Å². The average Bonchev–Trinajstić information content (AvgIpc) is 3.14. The molecule has 104 valence electrons. The first-order chi connectivity index (χ1) is 9.75. The van der Waals surface area contributed by atoms with Crippen LogP contribution in [-0.2, 0) is 0 Å². The van der Waals surface area contributed by atoms with Gasteiger partial charge in [-0.1, -0.05) is 34.8 Å². The molecule has 0 bridgehead atoms. The molecule has 0 N–H and O–H groups in total. The van der Waals surface area contributed by atoms with E-state index in [-0.39, 0.29) is 11.9 Å². The Morgan fingerprint density at radius 3 is 2.75 bits per heavy atom. The number of nitrogens with zero attached hydrogens (tertiary/aromatic N) is 3. The molecule has 1 aromatic heterocycles. The van der Waals surface area contributed by atoms with Crippen molar-refractivity contribution in [3.05, 3.63) is 47.0 Å². The lowest BCUT2D eigenvalue weighted by molar-refractivity contribution is 0.0674. The Morgan fingerprint density at radius 1 is 1.40 bits per heavy atom. The Hall–Kier alpha value is -1.75. The van der Waals surface area contributed by atoms with Crippen LogP contribution in [0.25, 0.3) is 0 Å². The lowest BCUT2D eigenvalue weighted by atomic mass is 10.1. The standard InChI is InChI=1S/C15H17N3OS/c1-11(13-5-3-2-4-6-13)18(9-12-7-8-12)15(19)14-10-20-17-16-14/h2-6,10-12H,7-9H2,1H3/t11-/m1/s1. The fourth-order valence-electron chi connectivity index (χ4n) is 2.31. The van der Waals surface area contributed by atoms with Crippen molar-refractivity contribution in [2.24, 2.45) is 5.92 Å². The number of aromatic nitrogens is 2. The maximum atomic E-state index is 12.6. The van der Waals surface area contributed by atoms with Crippen molar-refractivity contribution >= 4 is 17.4 Å². The van der Waals surface area contributed by atoms with Gasteiger partial charge in [0.2, 0.25) is 0 Å². The van der Waals surface area contributed by atoms with E-state index in [1.54, 1.807) is 5.38 Å². The van der Waals surface area contributed by atoms with Crippen LogP contribution in [0.3, 0.4) is 0 Å². The van der Waals surface area contributed by atoms with Crippen molar-refractivity contribution in [3.63, 3.8) is 0 Å². The van der Waals surface area contributed by atoms with Gasteiger partial charge < -0.3 is 4.90 Å². The van der Waals surface area contributed by atoms with Crippen LogP contribution in [0.5, 0.6) is 0 Å². The fourth-order valence-corrected chi connectivity index (χ4v) is 2.74. The van der Waals surface area contributed by atoms with E-state index < -0.39 is 0 Å². The number of carbonyl (C=O) groups excluding carboxylic acids is 1. The first-order valence-corrected chi connectivity index (χ1v) is 7.72. The van der Waals surface area contributed by atoms with Crippen molar-refractivity contribution in [1.29, 1.82) is 0 Å². The van der Waals surface area contributed by atoms with E-state index >= 15 is 0 Å². The van der Waals surface area contributed by atoms with Crippen LogP contribution in [0, 0.1) is 5.92 Å². The molecule has 20 heavy (non-hydrogen) atoms. The molecule has 1 aromatic carbocycles. The topological polar surface area (TPSA) is 46.1 Å². The zero-order chi connectivity index (χ0) is 13.9. The lowest BCUT2D eigenvalue weighted by Crippen LogP contribution is -2.35. The normalized spacial score (nSPS) is 15.8. The molecule has 1 fully saturated rings. The zero-order valence-electron chi connectivity index (χ0n) is 11.4. The van der Waals surface area contributed by atoms with E-state index in [0.29, 0.717) is 11.6 Å². The van der Waals surface area contributed by atoms with E-state index in [1.807, 2.05) is 23.1 Å². The predicted octanol–water partition coefficient (Wildman–Crippen LogP) is 3.15. The number of amides is 1. The van der Waals surface area contributed by atoms with Crippen molar-refractivity contribution in [3.8, 4) is 0 Å². The smallest absolute Gasteiger partial charge is 0.275 e. The molecular formula is C15H17N3OS. The predicted molar refractivity (Wildman–Crippen MR) is 78.5 cm³/mol. The molecular weight excluding hydrogens is 270 g/mol. The van der Waals surface area contributed by atoms with Gasteiger partial charge in [0.05, 0.1) is 6.04 Å². The van der Waals surface area contributed by atoms with Gasteiger partial charge in [0.1, 0.15) is 0 Å². The number of hydrogen-bond acceptors (Lipinski definition) is 4.